The summed E-state index contributed by atoms with van der Waals surface area (Å²) in [6.45, 7) is 1.18. The Morgan fingerprint density at radius 1 is 1.38 bits per heavy atom. The van der Waals surface area contributed by atoms with Crippen LogP contribution in [0.3, 0.4) is 0 Å². The molecule has 4 rings (SSSR count). The van der Waals surface area contributed by atoms with Crippen molar-refractivity contribution in [1.82, 2.24) is 24.5 Å². The lowest BCUT2D eigenvalue weighted by Gasteiger charge is -2.27. The van der Waals surface area contributed by atoms with Crippen LogP contribution in [-0.2, 0) is 22.5 Å². The summed E-state index contributed by atoms with van der Waals surface area (Å²) in [7, 11) is 1.34. The van der Waals surface area contributed by atoms with E-state index in [1.807, 2.05) is 4.90 Å². The number of aromatic amines is 1. The van der Waals surface area contributed by atoms with Gasteiger partial charge in [-0.3, -0.25) is 9.69 Å². The number of methoxy groups -OCH3 is 1. The van der Waals surface area contributed by atoms with E-state index in [-0.39, 0.29) is 23.9 Å². The molecular weight excluding hydrogens is 341 g/mol. The molecule has 0 amide bonds. The zero-order valence-electron chi connectivity index (χ0n) is 14.0. The SMILES string of the molecule is COC(=O)CN1CCc2[nH]c(=O)n3nc(-c4ccccc4F)nc3c2C1. The average molecular weight is 357 g/mol. The molecule has 0 spiro atoms. The summed E-state index contributed by atoms with van der Waals surface area (Å²) in [4.78, 5) is 33.0. The number of nitrogens with one attached hydrogen (secondary N) is 1. The number of hydrogen-bond donors (Lipinski definition) is 1. The van der Waals surface area contributed by atoms with Crippen LogP contribution in [0.2, 0.25) is 0 Å². The van der Waals surface area contributed by atoms with Gasteiger partial charge in [-0.25, -0.2) is 14.2 Å². The van der Waals surface area contributed by atoms with Gasteiger partial charge in [0.2, 0.25) is 0 Å². The van der Waals surface area contributed by atoms with Gasteiger partial charge in [-0.1, -0.05) is 12.1 Å². The fourth-order valence-corrected chi connectivity index (χ4v) is 3.13. The highest BCUT2D eigenvalue weighted by Gasteiger charge is 2.24. The molecule has 0 bridgehead atoms. The van der Waals surface area contributed by atoms with Crippen LogP contribution >= 0.6 is 0 Å². The molecule has 0 saturated carbocycles. The summed E-state index contributed by atoms with van der Waals surface area (Å²) in [5.74, 6) is -0.643. The smallest absolute Gasteiger partial charge is 0.348 e. The maximum atomic E-state index is 14.1. The van der Waals surface area contributed by atoms with E-state index in [1.165, 1.54) is 13.2 Å². The minimum Gasteiger partial charge on any atom is -0.468 e. The molecule has 2 aromatic heterocycles. The van der Waals surface area contributed by atoms with E-state index < -0.39 is 11.5 Å². The van der Waals surface area contributed by atoms with E-state index >= 15 is 0 Å². The van der Waals surface area contributed by atoms with E-state index in [2.05, 4.69) is 15.1 Å². The number of carbonyl (C=O) groups is 1. The van der Waals surface area contributed by atoms with Gasteiger partial charge in [0.15, 0.2) is 11.5 Å². The Bertz CT molecular complexity index is 1060. The van der Waals surface area contributed by atoms with Gasteiger partial charge in [-0.05, 0) is 12.1 Å². The molecule has 0 radical (unpaired) electrons. The number of ether oxygens (including phenoxy) is 1. The summed E-state index contributed by atoms with van der Waals surface area (Å²) in [5, 5.41) is 4.17. The molecule has 1 aliphatic rings. The molecule has 26 heavy (non-hydrogen) atoms. The lowest BCUT2D eigenvalue weighted by molar-refractivity contribution is -0.142. The third-order valence-corrected chi connectivity index (χ3v) is 4.45. The number of nitrogens with zero attached hydrogens (tertiary/aromatic N) is 4. The van der Waals surface area contributed by atoms with Crippen molar-refractivity contribution in [3.8, 4) is 11.4 Å². The number of esters is 1. The summed E-state index contributed by atoms with van der Waals surface area (Å²) < 4.78 is 19.9. The van der Waals surface area contributed by atoms with E-state index in [9.17, 15) is 14.0 Å². The molecular formula is C17H16FN5O3. The van der Waals surface area contributed by atoms with Gasteiger partial charge in [-0.15, -0.1) is 5.10 Å². The number of halogens is 1. The quantitative estimate of drug-likeness (QED) is 0.696. The van der Waals surface area contributed by atoms with Gasteiger partial charge < -0.3 is 9.72 Å². The van der Waals surface area contributed by atoms with Crippen LogP contribution in [0.15, 0.2) is 29.1 Å². The number of hydrogen-bond acceptors (Lipinski definition) is 6. The zero-order chi connectivity index (χ0) is 18.3. The molecule has 0 unspecified atom stereocenters. The van der Waals surface area contributed by atoms with Gasteiger partial charge in [-0.2, -0.15) is 4.52 Å². The predicted octanol–water partition coefficient (Wildman–Crippen LogP) is 0.755. The van der Waals surface area contributed by atoms with Crippen LogP contribution in [0, 0.1) is 5.82 Å². The van der Waals surface area contributed by atoms with Crippen molar-refractivity contribution in [2.24, 2.45) is 0 Å². The Kier molecular flexibility index (Phi) is 4.00. The number of rotatable bonds is 3. The molecule has 0 saturated heterocycles. The van der Waals surface area contributed by atoms with Crippen molar-refractivity contribution in [1.29, 1.82) is 0 Å². The zero-order valence-corrected chi connectivity index (χ0v) is 14.0. The standard InChI is InChI=1S/C17H16FN5O3/c1-26-14(24)9-22-7-6-13-11(8-22)16-20-15(21-23(16)17(25)19-13)10-4-2-3-5-12(10)18/h2-5H,6-9H2,1H3,(H,19,25). The summed E-state index contributed by atoms with van der Waals surface area (Å²) in [6, 6.07) is 6.14. The molecule has 134 valence electrons. The lowest BCUT2D eigenvalue weighted by Crippen LogP contribution is -2.37. The Hall–Kier alpha value is -3.07. The van der Waals surface area contributed by atoms with Crippen LogP contribution in [-0.4, -0.2) is 50.7 Å². The Labute approximate surface area is 147 Å². The van der Waals surface area contributed by atoms with Gasteiger partial charge in [0.25, 0.3) is 0 Å². The molecule has 9 heteroatoms. The molecule has 3 aromatic rings. The highest BCUT2D eigenvalue weighted by molar-refractivity contribution is 5.71. The lowest BCUT2D eigenvalue weighted by atomic mass is 10.1. The van der Waals surface area contributed by atoms with E-state index in [0.29, 0.717) is 25.2 Å². The van der Waals surface area contributed by atoms with Gasteiger partial charge >= 0.3 is 11.7 Å². The summed E-state index contributed by atoms with van der Waals surface area (Å²) in [5.41, 5.74) is 1.71. The average Bonchev–Trinajstić information content (AvgIpc) is 3.08. The summed E-state index contributed by atoms with van der Waals surface area (Å²) >= 11 is 0. The van der Waals surface area contributed by atoms with Crippen molar-refractivity contribution >= 4 is 11.6 Å². The fraction of sp³-hybridized carbons (Fsp3) is 0.294. The first-order chi connectivity index (χ1) is 12.6. The molecule has 8 nitrogen and oxygen atoms in total. The number of benzene rings is 1. The molecule has 1 aromatic carbocycles. The second kappa shape index (κ2) is 6.34. The second-order valence-corrected chi connectivity index (χ2v) is 6.07. The van der Waals surface area contributed by atoms with Gasteiger partial charge in [0.05, 0.1) is 19.2 Å². The highest BCUT2D eigenvalue weighted by atomic mass is 19.1. The van der Waals surface area contributed by atoms with Crippen molar-refractivity contribution in [3.05, 3.63) is 51.8 Å². The van der Waals surface area contributed by atoms with E-state index in [1.54, 1.807) is 18.2 Å². The molecule has 0 aliphatic carbocycles. The number of H-pyrrole nitrogens is 1. The number of carbonyl (C=O) groups excluding carboxylic acids is 1. The van der Waals surface area contributed by atoms with Crippen LogP contribution in [0.1, 0.15) is 11.3 Å². The van der Waals surface area contributed by atoms with Crippen molar-refractivity contribution in [2.75, 3.05) is 20.2 Å². The highest BCUT2D eigenvalue weighted by Crippen LogP contribution is 2.23. The van der Waals surface area contributed by atoms with E-state index in [0.717, 1.165) is 15.8 Å². The van der Waals surface area contributed by atoms with Gasteiger partial charge in [0, 0.05) is 30.8 Å². The molecule has 0 fully saturated rings. The normalized spacial score (nSPS) is 14.4. The molecule has 0 atom stereocenters. The number of fused-ring (bicyclic) bond motifs is 3. The minimum atomic E-state index is -0.457. The maximum Gasteiger partial charge on any atom is 0.348 e. The van der Waals surface area contributed by atoms with Crippen LogP contribution in [0.25, 0.3) is 17.0 Å². The predicted molar refractivity (Wildman–Crippen MR) is 90.0 cm³/mol. The van der Waals surface area contributed by atoms with Crippen LogP contribution in [0.4, 0.5) is 4.39 Å². The summed E-state index contributed by atoms with van der Waals surface area (Å²) in [6.07, 6.45) is 0.569. The second-order valence-electron chi connectivity index (χ2n) is 6.07. The van der Waals surface area contributed by atoms with Crippen molar-refractivity contribution < 1.29 is 13.9 Å². The van der Waals surface area contributed by atoms with Crippen LogP contribution in [0.5, 0.6) is 0 Å². The molecule has 3 heterocycles. The number of aromatic nitrogens is 4. The topological polar surface area (TPSA) is 92.6 Å². The fourth-order valence-electron chi connectivity index (χ4n) is 3.13. The largest absolute Gasteiger partial charge is 0.468 e. The Morgan fingerprint density at radius 3 is 2.96 bits per heavy atom. The van der Waals surface area contributed by atoms with Crippen molar-refractivity contribution in [2.45, 2.75) is 13.0 Å². The van der Waals surface area contributed by atoms with Gasteiger partial charge in [0.1, 0.15) is 5.82 Å². The first-order valence-electron chi connectivity index (χ1n) is 8.11. The first kappa shape index (κ1) is 16.4. The van der Waals surface area contributed by atoms with Crippen molar-refractivity contribution in [3.63, 3.8) is 0 Å². The third kappa shape index (κ3) is 2.76. The third-order valence-electron chi connectivity index (χ3n) is 4.45. The maximum absolute atomic E-state index is 14.1. The van der Waals surface area contributed by atoms with Crippen LogP contribution < -0.4 is 5.69 Å². The Morgan fingerprint density at radius 2 is 2.19 bits per heavy atom. The Balaban J connectivity index is 1.80. The monoisotopic (exact) mass is 357 g/mol. The van der Waals surface area contributed by atoms with E-state index in [4.69, 9.17) is 4.74 Å². The first-order valence-corrected chi connectivity index (χ1v) is 8.11. The molecule has 1 N–H and O–H groups in total. The molecule has 1 aliphatic heterocycles. The minimum absolute atomic E-state index is 0.145.